The molecule has 0 spiro atoms. The highest BCUT2D eigenvalue weighted by molar-refractivity contribution is 6.42. The summed E-state index contributed by atoms with van der Waals surface area (Å²) in [6.07, 6.45) is 11.2. The summed E-state index contributed by atoms with van der Waals surface area (Å²) < 4.78 is 5.52. The fourth-order valence-corrected chi connectivity index (χ4v) is 4.92. The normalized spacial score (nSPS) is 30.0. The van der Waals surface area contributed by atoms with Gasteiger partial charge >= 0.3 is 5.97 Å². The molecule has 0 unspecified atom stereocenters. The van der Waals surface area contributed by atoms with E-state index in [0.717, 1.165) is 30.6 Å². The molecule has 1 aromatic rings. The smallest absolute Gasteiger partial charge is 0.314 e. The van der Waals surface area contributed by atoms with Crippen molar-refractivity contribution in [3.8, 4) is 5.75 Å². The van der Waals surface area contributed by atoms with Crippen molar-refractivity contribution < 1.29 is 9.53 Å². The first kappa shape index (κ1) is 19.0. The van der Waals surface area contributed by atoms with Crippen LogP contribution in [0.3, 0.4) is 0 Å². The summed E-state index contributed by atoms with van der Waals surface area (Å²) in [5, 5.41) is 0.887. The SMILES string of the molecule is CC[C@H]1CC[C@H]([C@H]2CC[C@H](C(=O)Oc3ccc(Cl)c(Cl)c3)CC2)CC1. The molecule has 1 aromatic carbocycles. The highest BCUT2D eigenvalue weighted by Crippen LogP contribution is 2.42. The quantitative estimate of drug-likeness (QED) is 0.417. The monoisotopic (exact) mass is 382 g/mol. The first-order chi connectivity index (χ1) is 12.1. The van der Waals surface area contributed by atoms with E-state index >= 15 is 0 Å². The lowest BCUT2D eigenvalue weighted by Gasteiger charge is -2.37. The minimum atomic E-state index is -0.119. The maximum atomic E-state index is 12.4. The molecule has 4 heteroatoms. The van der Waals surface area contributed by atoms with Crippen molar-refractivity contribution in [3.63, 3.8) is 0 Å². The molecule has 0 amide bonds. The number of carbonyl (C=O) groups excluding carboxylic acids is 1. The van der Waals surface area contributed by atoms with Crippen molar-refractivity contribution in [2.24, 2.45) is 23.7 Å². The summed E-state index contributed by atoms with van der Waals surface area (Å²) in [4.78, 5) is 12.4. The molecule has 0 bridgehead atoms. The second-order valence-electron chi connectivity index (χ2n) is 7.80. The first-order valence-corrected chi connectivity index (χ1v) is 10.5. The topological polar surface area (TPSA) is 26.3 Å². The van der Waals surface area contributed by atoms with Crippen LogP contribution in [0.25, 0.3) is 0 Å². The Labute approximate surface area is 161 Å². The van der Waals surface area contributed by atoms with Gasteiger partial charge in [0, 0.05) is 6.07 Å². The number of rotatable bonds is 4. The van der Waals surface area contributed by atoms with Crippen LogP contribution in [0.4, 0.5) is 0 Å². The second kappa shape index (κ2) is 8.77. The fourth-order valence-electron chi connectivity index (χ4n) is 4.63. The third-order valence-electron chi connectivity index (χ3n) is 6.35. The van der Waals surface area contributed by atoms with Crippen molar-refractivity contribution >= 4 is 29.2 Å². The molecule has 3 rings (SSSR count). The van der Waals surface area contributed by atoms with Crippen LogP contribution < -0.4 is 4.74 Å². The lowest BCUT2D eigenvalue weighted by molar-refractivity contribution is -0.140. The highest BCUT2D eigenvalue weighted by atomic mass is 35.5. The largest absolute Gasteiger partial charge is 0.426 e. The third kappa shape index (κ3) is 4.92. The zero-order valence-electron chi connectivity index (χ0n) is 15.0. The Morgan fingerprint density at radius 3 is 2.12 bits per heavy atom. The molecule has 138 valence electrons. The average molecular weight is 383 g/mol. The number of halogens is 2. The van der Waals surface area contributed by atoms with Crippen LogP contribution in [0.5, 0.6) is 5.75 Å². The maximum absolute atomic E-state index is 12.4. The zero-order valence-corrected chi connectivity index (χ0v) is 16.5. The van der Waals surface area contributed by atoms with Gasteiger partial charge in [0.25, 0.3) is 0 Å². The van der Waals surface area contributed by atoms with E-state index in [0.29, 0.717) is 15.8 Å². The molecular weight excluding hydrogens is 355 g/mol. The van der Waals surface area contributed by atoms with E-state index < -0.39 is 0 Å². The van der Waals surface area contributed by atoms with Crippen LogP contribution in [0.2, 0.25) is 10.0 Å². The Morgan fingerprint density at radius 1 is 0.960 bits per heavy atom. The second-order valence-corrected chi connectivity index (χ2v) is 8.61. The molecule has 2 saturated carbocycles. The average Bonchev–Trinajstić information content (AvgIpc) is 2.65. The van der Waals surface area contributed by atoms with Gasteiger partial charge in [0.15, 0.2) is 0 Å². The Balaban J connectivity index is 1.47. The molecule has 0 atom stereocenters. The molecule has 0 saturated heterocycles. The van der Waals surface area contributed by atoms with Crippen molar-refractivity contribution in [2.45, 2.75) is 64.7 Å². The summed E-state index contributed by atoms with van der Waals surface area (Å²) in [6, 6.07) is 4.97. The predicted octanol–water partition coefficient (Wildman–Crippen LogP) is 6.92. The molecule has 0 heterocycles. The van der Waals surface area contributed by atoms with E-state index in [1.165, 1.54) is 44.9 Å². The van der Waals surface area contributed by atoms with E-state index in [9.17, 15) is 4.79 Å². The summed E-state index contributed by atoms with van der Waals surface area (Å²) in [5.41, 5.74) is 0. The number of ether oxygens (including phenoxy) is 1. The fraction of sp³-hybridized carbons (Fsp3) is 0.667. The molecule has 0 aliphatic heterocycles. The van der Waals surface area contributed by atoms with Gasteiger partial charge in [-0.05, 0) is 68.4 Å². The lowest BCUT2D eigenvalue weighted by atomic mass is 9.69. The van der Waals surface area contributed by atoms with E-state index in [1.54, 1.807) is 18.2 Å². The molecule has 2 aliphatic carbocycles. The minimum Gasteiger partial charge on any atom is -0.426 e. The number of hydrogen-bond donors (Lipinski definition) is 0. The molecule has 0 radical (unpaired) electrons. The van der Waals surface area contributed by atoms with Gasteiger partial charge in [0.1, 0.15) is 5.75 Å². The third-order valence-corrected chi connectivity index (χ3v) is 7.09. The molecular formula is C21H28Cl2O2. The maximum Gasteiger partial charge on any atom is 0.314 e. The van der Waals surface area contributed by atoms with Crippen molar-refractivity contribution in [1.82, 2.24) is 0 Å². The van der Waals surface area contributed by atoms with Crippen LogP contribution in [-0.4, -0.2) is 5.97 Å². The summed E-state index contributed by atoms with van der Waals surface area (Å²) in [7, 11) is 0. The molecule has 2 aliphatic rings. The van der Waals surface area contributed by atoms with Gasteiger partial charge in [0.05, 0.1) is 16.0 Å². The minimum absolute atomic E-state index is 0.0256. The molecule has 0 N–H and O–H groups in total. The summed E-state index contributed by atoms with van der Waals surface area (Å²) in [6.45, 7) is 2.32. The van der Waals surface area contributed by atoms with Gasteiger partial charge in [-0.2, -0.15) is 0 Å². The van der Waals surface area contributed by atoms with E-state index in [1.807, 2.05) is 0 Å². The Morgan fingerprint density at radius 2 is 1.56 bits per heavy atom. The van der Waals surface area contributed by atoms with Crippen LogP contribution in [0, 0.1) is 23.7 Å². The standard InChI is InChI=1S/C21H28Cl2O2/c1-2-14-3-5-15(6-4-14)16-7-9-17(10-8-16)21(24)25-18-11-12-19(22)20(23)13-18/h11-17H,2-10H2,1H3/t14-,15-,16-,17-. The highest BCUT2D eigenvalue weighted by Gasteiger charge is 2.33. The van der Waals surface area contributed by atoms with Crippen molar-refractivity contribution in [2.75, 3.05) is 0 Å². The first-order valence-electron chi connectivity index (χ1n) is 9.73. The zero-order chi connectivity index (χ0) is 17.8. The van der Waals surface area contributed by atoms with Crippen molar-refractivity contribution in [1.29, 1.82) is 0 Å². The van der Waals surface area contributed by atoms with E-state index in [-0.39, 0.29) is 11.9 Å². The predicted molar refractivity (Wildman–Crippen MR) is 103 cm³/mol. The number of hydrogen-bond acceptors (Lipinski definition) is 2. The summed E-state index contributed by atoms with van der Waals surface area (Å²) in [5.74, 6) is 3.04. The van der Waals surface area contributed by atoms with Gasteiger partial charge in [0.2, 0.25) is 0 Å². The molecule has 0 aromatic heterocycles. The van der Waals surface area contributed by atoms with Gasteiger partial charge in [-0.3, -0.25) is 4.79 Å². The van der Waals surface area contributed by atoms with Crippen LogP contribution >= 0.6 is 23.2 Å². The Bertz CT molecular complexity index is 586. The van der Waals surface area contributed by atoms with E-state index in [4.69, 9.17) is 27.9 Å². The van der Waals surface area contributed by atoms with Crippen LogP contribution in [0.15, 0.2) is 18.2 Å². The lowest BCUT2D eigenvalue weighted by Crippen LogP contribution is -2.30. The Hall–Kier alpha value is -0.730. The van der Waals surface area contributed by atoms with Gasteiger partial charge in [-0.15, -0.1) is 0 Å². The Kier molecular flexibility index (Phi) is 6.68. The van der Waals surface area contributed by atoms with Crippen LogP contribution in [0.1, 0.15) is 64.7 Å². The molecule has 2 nitrogen and oxygen atoms in total. The number of carbonyl (C=O) groups is 1. The molecule has 25 heavy (non-hydrogen) atoms. The number of esters is 1. The van der Waals surface area contributed by atoms with Gasteiger partial charge in [-0.1, -0.05) is 49.4 Å². The summed E-state index contributed by atoms with van der Waals surface area (Å²) >= 11 is 11.9. The molecule has 2 fully saturated rings. The van der Waals surface area contributed by atoms with Crippen molar-refractivity contribution in [3.05, 3.63) is 28.2 Å². The van der Waals surface area contributed by atoms with E-state index in [2.05, 4.69) is 6.92 Å². The van der Waals surface area contributed by atoms with Gasteiger partial charge < -0.3 is 4.74 Å². The number of benzene rings is 1. The van der Waals surface area contributed by atoms with Crippen LogP contribution in [-0.2, 0) is 4.79 Å². The van der Waals surface area contributed by atoms with Gasteiger partial charge in [-0.25, -0.2) is 0 Å².